The first kappa shape index (κ1) is 17.8. The molecule has 1 N–H and O–H groups in total. The predicted molar refractivity (Wildman–Crippen MR) is 103 cm³/mol. The van der Waals surface area contributed by atoms with Gasteiger partial charge in [0.15, 0.2) is 0 Å². The summed E-state index contributed by atoms with van der Waals surface area (Å²) in [7, 11) is 0. The smallest absolute Gasteiger partial charge is 0.259 e. The number of hydrogen-bond acceptors (Lipinski definition) is 5. The zero-order valence-corrected chi connectivity index (χ0v) is 16.3. The zero-order chi connectivity index (χ0) is 19.1. The Bertz CT molecular complexity index is 994. The third-order valence-electron chi connectivity index (χ3n) is 5.53. The Morgan fingerprint density at radius 1 is 1.15 bits per heavy atom. The van der Waals surface area contributed by atoms with Gasteiger partial charge >= 0.3 is 0 Å². The van der Waals surface area contributed by atoms with Crippen LogP contribution in [0.3, 0.4) is 0 Å². The van der Waals surface area contributed by atoms with E-state index >= 15 is 0 Å². The van der Waals surface area contributed by atoms with Gasteiger partial charge in [-0.25, -0.2) is 4.98 Å². The van der Waals surface area contributed by atoms with Gasteiger partial charge < -0.3 is 14.3 Å². The zero-order valence-electron chi connectivity index (χ0n) is 16.3. The molecule has 0 radical (unpaired) electrons. The molecule has 6 nitrogen and oxygen atoms in total. The van der Waals surface area contributed by atoms with Crippen molar-refractivity contribution in [2.45, 2.75) is 59.4 Å². The van der Waals surface area contributed by atoms with Crippen LogP contribution in [0.15, 0.2) is 21.1 Å². The van der Waals surface area contributed by atoms with E-state index in [1.165, 1.54) is 0 Å². The molecule has 142 valence electrons. The molecule has 0 unspecified atom stereocenters. The largest absolute Gasteiger partial charge is 0.466 e. The average molecular weight is 367 g/mol. The van der Waals surface area contributed by atoms with Gasteiger partial charge in [0, 0.05) is 11.6 Å². The van der Waals surface area contributed by atoms with Crippen molar-refractivity contribution in [3.05, 3.63) is 34.9 Å². The second kappa shape index (κ2) is 6.83. The molecule has 1 saturated carbocycles. The van der Waals surface area contributed by atoms with Crippen molar-refractivity contribution in [2.75, 3.05) is 0 Å². The topological polar surface area (TPSA) is 81.2 Å². The highest BCUT2D eigenvalue weighted by molar-refractivity contribution is 6.07. The van der Waals surface area contributed by atoms with Crippen LogP contribution in [0.1, 0.15) is 60.2 Å². The molecule has 0 spiro atoms. The summed E-state index contributed by atoms with van der Waals surface area (Å²) in [5, 5.41) is 7.90. The van der Waals surface area contributed by atoms with Crippen LogP contribution in [0.25, 0.3) is 22.4 Å². The monoisotopic (exact) mass is 367 g/mol. The Kier molecular flexibility index (Phi) is 4.50. The van der Waals surface area contributed by atoms with Crippen LogP contribution in [0.2, 0.25) is 0 Å². The summed E-state index contributed by atoms with van der Waals surface area (Å²) in [5.74, 6) is 2.22. The van der Waals surface area contributed by atoms with E-state index in [1.54, 1.807) is 0 Å². The Balaban J connectivity index is 1.73. The fourth-order valence-electron chi connectivity index (χ4n) is 3.96. The van der Waals surface area contributed by atoms with Gasteiger partial charge in [0.05, 0.1) is 22.3 Å². The van der Waals surface area contributed by atoms with Gasteiger partial charge in [-0.05, 0) is 64.5 Å². The van der Waals surface area contributed by atoms with E-state index in [9.17, 15) is 4.79 Å². The van der Waals surface area contributed by atoms with Crippen LogP contribution < -0.4 is 5.32 Å². The summed E-state index contributed by atoms with van der Waals surface area (Å²) in [5.41, 5.74) is 3.14. The molecule has 1 fully saturated rings. The molecular weight excluding hydrogens is 342 g/mol. The van der Waals surface area contributed by atoms with Crippen LogP contribution >= 0.6 is 0 Å². The molecular formula is C21H25N3O3. The summed E-state index contributed by atoms with van der Waals surface area (Å²) in [6.07, 6.45) is 4.36. The molecule has 1 amide bonds. The second-order valence-electron chi connectivity index (χ2n) is 7.76. The number of rotatable bonds is 3. The highest BCUT2D eigenvalue weighted by atomic mass is 16.5. The van der Waals surface area contributed by atoms with Crippen molar-refractivity contribution in [1.29, 1.82) is 0 Å². The van der Waals surface area contributed by atoms with Crippen LogP contribution in [0, 0.1) is 26.7 Å². The number of nitrogens with zero attached hydrogens (tertiary/aromatic N) is 2. The summed E-state index contributed by atoms with van der Waals surface area (Å²) in [4.78, 5) is 17.7. The molecule has 3 aromatic heterocycles. The number of furan rings is 1. The lowest BCUT2D eigenvalue weighted by atomic mass is 9.87. The standard InChI is InChI=1S/C21H25N3O3/c1-11-5-7-15(8-6-11)22-20(25)17-10-18(16-9-12(2)26-14(16)4)23-21-19(17)13(3)24-27-21/h9-11,15H,5-8H2,1-4H3,(H,22,25). The van der Waals surface area contributed by atoms with E-state index in [0.717, 1.165) is 48.7 Å². The van der Waals surface area contributed by atoms with E-state index in [2.05, 4.69) is 22.4 Å². The molecule has 0 aromatic carbocycles. The minimum Gasteiger partial charge on any atom is -0.466 e. The molecule has 0 bridgehead atoms. The maximum atomic E-state index is 13.1. The lowest BCUT2D eigenvalue weighted by Crippen LogP contribution is -2.37. The van der Waals surface area contributed by atoms with Gasteiger partial charge in [0.2, 0.25) is 0 Å². The van der Waals surface area contributed by atoms with Crippen molar-refractivity contribution >= 4 is 17.0 Å². The maximum Gasteiger partial charge on any atom is 0.259 e. The van der Waals surface area contributed by atoms with Crippen LogP contribution in [-0.2, 0) is 0 Å². The molecule has 4 rings (SSSR count). The molecule has 3 aromatic rings. The average Bonchev–Trinajstić information content (AvgIpc) is 3.18. The molecule has 1 aliphatic carbocycles. The first-order valence-corrected chi connectivity index (χ1v) is 9.57. The van der Waals surface area contributed by atoms with Gasteiger partial charge in [-0.3, -0.25) is 4.79 Å². The fraction of sp³-hybridized carbons (Fsp3) is 0.476. The number of carbonyl (C=O) groups excluding carboxylic acids is 1. The van der Waals surface area contributed by atoms with Crippen molar-refractivity contribution in [2.24, 2.45) is 5.92 Å². The molecule has 0 atom stereocenters. The summed E-state index contributed by atoms with van der Waals surface area (Å²) in [6, 6.07) is 3.97. The molecule has 27 heavy (non-hydrogen) atoms. The number of pyridine rings is 1. The minimum atomic E-state index is -0.0904. The Morgan fingerprint density at radius 2 is 1.89 bits per heavy atom. The lowest BCUT2D eigenvalue weighted by Gasteiger charge is -2.27. The van der Waals surface area contributed by atoms with E-state index in [4.69, 9.17) is 8.94 Å². The fourth-order valence-corrected chi connectivity index (χ4v) is 3.96. The van der Waals surface area contributed by atoms with E-state index in [1.807, 2.05) is 32.9 Å². The Hall–Kier alpha value is -2.63. The van der Waals surface area contributed by atoms with Gasteiger partial charge in [-0.2, -0.15) is 0 Å². The van der Waals surface area contributed by atoms with Crippen LogP contribution in [0.4, 0.5) is 0 Å². The first-order valence-electron chi connectivity index (χ1n) is 9.57. The van der Waals surface area contributed by atoms with Crippen molar-refractivity contribution in [3.63, 3.8) is 0 Å². The van der Waals surface area contributed by atoms with Crippen molar-refractivity contribution < 1.29 is 13.7 Å². The molecule has 0 saturated heterocycles. The van der Waals surface area contributed by atoms with E-state index < -0.39 is 0 Å². The van der Waals surface area contributed by atoms with E-state index in [-0.39, 0.29) is 11.9 Å². The van der Waals surface area contributed by atoms with Crippen molar-refractivity contribution in [1.82, 2.24) is 15.5 Å². The first-order chi connectivity index (χ1) is 12.9. The molecule has 1 aliphatic rings. The number of amides is 1. The van der Waals surface area contributed by atoms with Gasteiger partial charge in [0.1, 0.15) is 11.5 Å². The predicted octanol–water partition coefficient (Wildman–Crippen LogP) is 4.72. The summed E-state index contributed by atoms with van der Waals surface area (Å²) >= 11 is 0. The van der Waals surface area contributed by atoms with Crippen molar-refractivity contribution in [3.8, 4) is 11.3 Å². The number of nitrogens with one attached hydrogen (secondary N) is 1. The molecule has 0 aliphatic heterocycles. The Labute approximate surface area is 158 Å². The number of aromatic nitrogens is 2. The highest BCUT2D eigenvalue weighted by Crippen LogP contribution is 2.31. The maximum absolute atomic E-state index is 13.1. The summed E-state index contributed by atoms with van der Waals surface area (Å²) < 4.78 is 11.0. The van der Waals surface area contributed by atoms with E-state index in [0.29, 0.717) is 28.1 Å². The third kappa shape index (κ3) is 3.36. The van der Waals surface area contributed by atoms with Gasteiger partial charge in [-0.1, -0.05) is 12.1 Å². The third-order valence-corrected chi connectivity index (χ3v) is 5.53. The number of hydrogen-bond donors (Lipinski definition) is 1. The minimum absolute atomic E-state index is 0.0904. The number of aryl methyl sites for hydroxylation is 3. The SMILES string of the molecule is Cc1cc(-c2cc(C(=O)NC3CCC(C)CC3)c3c(C)noc3n2)c(C)o1. The van der Waals surface area contributed by atoms with Crippen LogP contribution in [-0.4, -0.2) is 22.1 Å². The van der Waals surface area contributed by atoms with Gasteiger partial charge in [0.25, 0.3) is 11.6 Å². The second-order valence-corrected chi connectivity index (χ2v) is 7.76. The van der Waals surface area contributed by atoms with Gasteiger partial charge in [-0.15, -0.1) is 0 Å². The normalized spacial score (nSPS) is 20.1. The number of fused-ring (bicyclic) bond motifs is 1. The molecule has 6 heteroatoms. The summed E-state index contributed by atoms with van der Waals surface area (Å²) in [6.45, 7) is 7.89. The van der Waals surface area contributed by atoms with Crippen LogP contribution in [0.5, 0.6) is 0 Å². The number of carbonyl (C=O) groups is 1. The quantitative estimate of drug-likeness (QED) is 0.724. The highest BCUT2D eigenvalue weighted by Gasteiger charge is 2.24. The molecule has 3 heterocycles. The lowest BCUT2D eigenvalue weighted by molar-refractivity contribution is 0.0924. The Morgan fingerprint density at radius 3 is 2.56 bits per heavy atom.